The van der Waals surface area contributed by atoms with Crippen molar-refractivity contribution in [2.45, 2.75) is 38.1 Å². The molecule has 1 aliphatic heterocycles. The molecule has 3 fully saturated rings. The van der Waals surface area contributed by atoms with Crippen molar-refractivity contribution >= 4 is 11.9 Å². The Morgan fingerprint density at radius 2 is 1.84 bits per heavy atom. The Balaban J connectivity index is 1.64. The summed E-state index contributed by atoms with van der Waals surface area (Å²) in [6.45, 7) is 1.95. The number of carbonyl (C=O) groups is 2. The van der Waals surface area contributed by atoms with Gasteiger partial charge < -0.3 is 14.7 Å². The summed E-state index contributed by atoms with van der Waals surface area (Å²) >= 11 is 0. The summed E-state index contributed by atoms with van der Waals surface area (Å²) in [7, 11) is 0. The van der Waals surface area contributed by atoms with E-state index in [9.17, 15) is 9.59 Å². The Kier molecular flexibility index (Phi) is 3.48. The van der Waals surface area contributed by atoms with Crippen LogP contribution in [0.2, 0.25) is 0 Å². The second-order valence-electron chi connectivity index (χ2n) is 6.06. The molecule has 0 radical (unpaired) electrons. The number of carbonyl (C=O) groups excluding carboxylic acids is 1. The van der Waals surface area contributed by atoms with E-state index in [-0.39, 0.29) is 23.8 Å². The van der Waals surface area contributed by atoms with Crippen molar-refractivity contribution in [1.29, 1.82) is 0 Å². The van der Waals surface area contributed by atoms with Crippen LogP contribution in [0.4, 0.5) is 0 Å². The molecule has 0 spiro atoms. The zero-order valence-electron chi connectivity index (χ0n) is 11.1. The van der Waals surface area contributed by atoms with E-state index in [1.165, 1.54) is 12.8 Å². The molecule has 3 aliphatic rings. The van der Waals surface area contributed by atoms with Crippen molar-refractivity contribution in [3.8, 4) is 0 Å². The van der Waals surface area contributed by atoms with Crippen LogP contribution in [-0.4, -0.2) is 47.7 Å². The maximum atomic E-state index is 12.6. The van der Waals surface area contributed by atoms with Crippen molar-refractivity contribution in [2.75, 3.05) is 19.8 Å². The molecule has 0 aromatic heterocycles. The first-order valence-electron chi connectivity index (χ1n) is 7.28. The Labute approximate surface area is 112 Å². The van der Waals surface area contributed by atoms with Gasteiger partial charge in [0.1, 0.15) is 0 Å². The van der Waals surface area contributed by atoms with Crippen molar-refractivity contribution < 1.29 is 19.4 Å². The molecule has 0 bridgehead atoms. The van der Waals surface area contributed by atoms with Crippen molar-refractivity contribution in [2.24, 2.45) is 17.8 Å². The van der Waals surface area contributed by atoms with E-state index in [0.717, 1.165) is 6.42 Å². The van der Waals surface area contributed by atoms with Crippen LogP contribution in [0, 0.1) is 17.8 Å². The average Bonchev–Trinajstić information content (AvgIpc) is 3.14. The lowest BCUT2D eigenvalue weighted by atomic mass is 10.0. The standard InChI is InChI=1S/C14H21NO4/c16-13(10-3-4-11(7-10)14(17)18)15-5-6-19-8-12(15)9-1-2-9/h9-12H,1-8H2,(H,17,18)/t10-,11+,12?/m0/s1. The second-order valence-corrected chi connectivity index (χ2v) is 6.06. The van der Waals surface area contributed by atoms with E-state index in [1.54, 1.807) is 0 Å². The van der Waals surface area contributed by atoms with Gasteiger partial charge in [-0.15, -0.1) is 0 Å². The lowest BCUT2D eigenvalue weighted by molar-refractivity contribution is -0.145. The zero-order valence-corrected chi connectivity index (χ0v) is 11.1. The van der Waals surface area contributed by atoms with Crippen LogP contribution in [0.15, 0.2) is 0 Å². The van der Waals surface area contributed by atoms with Crippen LogP contribution in [0.3, 0.4) is 0 Å². The summed E-state index contributed by atoms with van der Waals surface area (Å²) in [5.41, 5.74) is 0. The zero-order chi connectivity index (χ0) is 13.4. The van der Waals surface area contributed by atoms with Crippen LogP contribution in [-0.2, 0) is 14.3 Å². The summed E-state index contributed by atoms with van der Waals surface area (Å²) in [5.74, 6) is -0.379. The summed E-state index contributed by atoms with van der Waals surface area (Å²) in [5, 5.41) is 9.03. The SMILES string of the molecule is O=C(O)[C@@H]1CC[C@H](C(=O)N2CCOCC2C2CC2)C1. The van der Waals surface area contributed by atoms with E-state index in [0.29, 0.717) is 38.5 Å². The molecule has 1 heterocycles. The minimum atomic E-state index is -0.754. The third-order valence-electron chi connectivity index (χ3n) is 4.75. The molecular formula is C14H21NO4. The molecule has 5 heteroatoms. The first-order chi connectivity index (χ1) is 9.16. The summed E-state index contributed by atoms with van der Waals surface area (Å²) < 4.78 is 5.50. The van der Waals surface area contributed by atoms with E-state index in [2.05, 4.69) is 0 Å². The molecule has 2 saturated carbocycles. The number of amides is 1. The fourth-order valence-electron chi connectivity index (χ4n) is 3.43. The number of carboxylic acid groups (broad SMARTS) is 1. The highest BCUT2D eigenvalue weighted by Crippen LogP contribution is 2.39. The predicted molar refractivity (Wildman–Crippen MR) is 67.5 cm³/mol. The van der Waals surface area contributed by atoms with Gasteiger partial charge in [-0.05, 0) is 38.0 Å². The first-order valence-corrected chi connectivity index (χ1v) is 7.28. The van der Waals surface area contributed by atoms with Crippen LogP contribution in [0.25, 0.3) is 0 Å². The van der Waals surface area contributed by atoms with Gasteiger partial charge in [0.2, 0.25) is 5.91 Å². The maximum Gasteiger partial charge on any atom is 0.306 e. The Hall–Kier alpha value is -1.10. The van der Waals surface area contributed by atoms with Gasteiger partial charge >= 0.3 is 5.97 Å². The van der Waals surface area contributed by atoms with E-state index in [4.69, 9.17) is 9.84 Å². The average molecular weight is 267 g/mol. The fraction of sp³-hybridized carbons (Fsp3) is 0.857. The molecule has 1 saturated heterocycles. The lowest BCUT2D eigenvalue weighted by Crippen LogP contribution is -2.51. The van der Waals surface area contributed by atoms with Gasteiger partial charge in [-0.1, -0.05) is 0 Å². The number of aliphatic carboxylic acids is 1. The van der Waals surface area contributed by atoms with E-state index in [1.807, 2.05) is 4.90 Å². The first kappa shape index (κ1) is 12.9. The monoisotopic (exact) mass is 267 g/mol. The molecule has 5 nitrogen and oxygen atoms in total. The van der Waals surface area contributed by atoms with Gasteiger partial charge in [0.15, 0.2) is 0 Å². The Bertz CT molecular complexity index is 380. The minimum absolute atomic E-state index is 0.0829. The van der Waals surface area contributed by atoms with Crippen LogP contribution in [0.1, 0.15) is 32.1 Å². The maximum absolute atomic E-state index is 12.6. The number of rotatable bonds is 3. The van der Waals surface area contributed by atoms with Crippen molar-refractivity contribution in [3.63, 3.8) is 0 Å². The van der Waals surface area contributed by atoms with E-state index >= 15 is 0 Å². The molecule has 1 unspecified atom stereocenters. The third-order valence-corrected chi connectivity index (χ3v) is 4.75. The van der Waals surface area contributed by atoms with Gasteiger partial charge in [-0.25, -0.2) is 0 Å². The predicted octanol–water partition coefficient (Wildman–Crippen LogP) is 1.12. The molecule has 3 rings (SSSR count). The topological polar surface area (TPSA) is 66.8 Å². The molecule has 1 amide bonds. The summed E-state index contributed by atoms with van der Waals surface area (Å²) in [6.07, 6.45) is 4.28. The second kappa shape index (κ2) is 5.12. The summed E-state index contributed by atoms with van der Waals surface area (Å²) in [4.78, 5) is 25.6. The molecule has 0 aromatic carbocycles. The van der Waals surface area contributed by atoms with Crippen molar-refractivity contribution in [3.05, 3.63) is 0 Å². The highest BCUT2D eigenvalue weighted by molar-refractivity contribution is 5.81. The van der Waals surface area contributed by atoms with Crippen molar-refractivity contribution in [1.82, 2.24) is 4.90 Å². The number of carboxylic acids is 1. The van der Waals surface area contributed by atoms with Gasteiger partial charge in [0.05, 0.1) is 25.2 Å². The molecule has 19 heavy (non-hydrogen) atoms. The minimum Gasteiger partial charge on any atom is -0.481 e. The highest BCUT2D eigenvalue weighted by Gasteiger charge is 2.43. The van der Waals surface area contributed by atoms with Gasteiger partial charge in [-0.3, -0.25) is 9.59 Å². The van der Waals surface area contributed by atoms with Crippen LogP contribution >= 0.6 is 0 Å². The van der Waals surface area contributed by atoms with E-state index < -0.39 is 5.97 Å². The number of ether oxygens (including phenoxy) is 1. The number of hydrogen-bond donors (Lipinski definition) is 1. The van der Waals surface area contributed by atoms with Gasteiger partial charge in [0, 0.05) is 12.5 Å². The summed E-state index contributed by atoms with van der Waals surface area (Å²) in [6, 6.07) is 0.241. The molecule has 3 atom stereocenters. The normalized spacial score (nSPS) is 35.4. The van der Waals surface area contributed by atoms with Crippen LogP contribution < -0.4 is 0 Å². The molecule has 106 valence electrons. The molecule has 0 aromatic rings. The quantitative estimate of drug-likeness (QED) is 0.832. The molecular weight excluding hydrogens is 246 g/mol. The fourth-order valence-corrected chi connectivity index (χ4v) is 3.43. The third kappa shape index (κ3) is 2.61. The number of nitrogens with zero attached hydrogens (tertiary/aromatic N) is 1. The largest absolute Gasteiger partial charge is 0.481 e. The smallest absolute Gasteiger partial charge is 0.306 e. The Morgan fingerprint density at radius 3 is 2.47 bits per heavy atom. The van der Waals surface area contributed by atoms with Gasteiger partial charge in [0.25, 0.3) is 0 Å². The number of hydrogen-bond acceptors (Lipinski definition) is 3. The van der Waals surface area contributed by atoms with Crippen LogP contribution in [0.5, 0.6) is 0 Å². The lowest BCUT2D eigenvalue weighted by Gasteiger charge is -2.37. The van der Waals surface area contributed by atoms with Gasteiger partial charge in [-0.2, -0.15) is 0 Å². The molecule has 2 aliphatic carbocycles. The molecule has 1 N–H and O–H groups in total. The number of morpholine rings is 1. The highest BCUT2D eigenvalue weighted by atomic mass is 16.5. The Morgan fingerprint density at radius 1 is 1.11 bits per heavy atom.